The number of hydrogen-bond donors (Lipinski definition) is 2. The maximum Gasteiger partial charge on any atom is 0.295 e. The van der Waals surface area contributed by atoms with Gasteiger partial charge in [0.1, 0.15) is 5.82 Å². The van der Waals surface area contributed by atoms with E-state index in [2.05, 4.69) is 63.6 Å². The molecule has 0 bridgehead atoms. The van der Waals surface area contributed by atoms with Crippen molar-refractivity contribution in [3.63, 3.8) is 0 Å². The number of anilines is 3. The fourth-order valence-electron chi connectivity index (χ4n) is 4.22. The summed E-state index contributed by atoms with van der Waals surface area (Å²) in [7, 11) is 0. The second-order valence-corrected chi connectivity index (χ2v) is 9.21. The first-order valence-corrected chi connectivity index (χ1v) is 14.0. The number of benzene rings is 1. The van der Waals surface area contributed by atoms with E-state index < -0.39 is 23.3 Å². The summed E-state index contributed by atoms with van der Waals surface area (Å²) in [5.41, 5.74) is 1.05. The molecular weight excluding hydrogens is 500 g/mol. The summed E-state index contributed by atoms with van der Waals surface area (Å²) in [5, 5.41) is 5.29. The molecule has 39 heavy (non-hydrogen) atoms. The van der Waals surface area contributed by atoms with E-state index in [9.17, 15) is 13.6 Å². The Morgan fingerprint density at radius 2 is 1.77 bits per heavy atom. The third-order valence-electron chi connectivity index (χ3n) is 5.91. The lowest BCUT2D eigenvalue weighted by Crippen LogP contribution is -2.25. The van der Waals surface area contributed by atoms with E-state index in [0.29, 0.717) is 25.1 Å². The lowest BCUT2D eigenvalue weighted by Gasteiger charge is -2.22. The van der Waals surface area contributed by atoms with Gasteiger partial charge in [0.15, 0.2) is 5.69 Å². The van der Waals surface area contributed by atoms with Crippen molar-refractivity contribution in [2.45, 2.75) is 79.1 Å². The third kappa shape index (κ3) is 9.33. The lowest BCUT2D eigenvalue weighted by molar-refractivity contribution is 0.0115. The zero-order chi connectivity index (χ0) is 28.8. The zero-order valence-corrected chi connectivity index (χ0v) is 24.1. The van der Waals surface area contributed by atoms with Crippen LogP contribution in [0.4, 0.5) is 26.3 Å². The van der Waals surface area contributed by atoms with Crippen molar-refractivity contribution in [2.75, 3.05) is 35.2 Å². The van der Waals surface area contributed by atoms with E-state index in [4.69, 9.17) is 4.42 Å². The van der Waals surface area contributed by atoms with Gasteiger partial charge in [0.2, 0.25) is 5.76 Å². The van der Waals surface area contributed by atoms with Gasteiger partial charge in [-0.3, -0.25) is 4.79 Å². The monoisotopic (exact) mass is 543 g/mol. The van der Waals surface area contributed by atoms with Crippen LogP contribution >= 0.6 is 0 Å². The number of nitrogens with zero attached hydrogens (tertiary/aromatic N) is 3. The predicted molar refractivity (Wildman–Crippen MR) is 155 cm³/mol. The number of amides is 1. The van der Waals surface area contributed by atoms with Crippen LogP contribution in [0.25, 0.3) is 0 Å². The van der Waals surface area contributed by atoms with Gasteiger partial charge >= 0.3 is 0 Å². The highest BCUT2D eigenvalue weighted by atomic mass is 19.3. The number of carbonyl (C=O) groups excluding carboxylic acids is 1. The van der Waals surface area contributed by atoms with Gasteiger partial charge in [-0.25, -0.2) is 4.98 Å². The Morgan fingerprint density at radius 1 is 1.08 bits per heavy atom. The molecule has 1 atom stereocenters. The van der Waals surface area contributed by atoms with Crippen molar-refractivity contribution in [3.8, 4) is 0 Å². The van der Waals surface area contributed by atoms with Crippen LogP contribution in [0.15, 0.2) is 53.1 Å². The molecule has 1 fully saturated rings. The standard InChI is InChI=1S/C25H29F2N5O2.C3H8.C2H6/c1-3-28-24-31-22(25(2,26)27)21(34-24)23(33)30-19-11-12-20(29-16-19)32-14-7-10-18(13-15-32)17-8-5-4-6-9-17;1-3-2;1-2/h4-6,8-9,11-12,16,18H,3,7,10,13-15H2,1-2H3,(H,28,31)(H,30,33);3H2,1-2H3;1-2H3. The second-order valence-electron chi connectivity index (χ2n) is 9.21. The van der Waals surface area contributed by atoms with Crippen LogP contribution < -0.4 is 15.5 Å². The Labute approximate surface area is 231 Å². The Hall–Kier alpha value is -3.49. The van der Waals surface area contributed by atoms with Gasteiger partial charge < -0.3 is 20.0 Å². The van der Waals surface area contributed by atoms with E-state index in [1.807, 2.05) is 26.0 Å². The zero-order valence-electron chi connectivity index (χ0n) is 24.1. The molecule has 0 saturated carbocycles. The molecule has 4 rings (SSSR count). The molecule has 7 nitrogen and oxygen atoms in total. The smallest absolute Gasteiger partial charge is 0.295 e. The fraction of sp³-hybridized carbons (Fsp3) is 0.500. The molecule has 3 heterocycles. The van der Waals surface area contributed by atoms with E-state index in [0.717, 1.165) is 38.2 Å². The van der Waals surface area contributed by atoms with Crippen LogP contribution in [0.5, 0.6) is 0 Å². The van der Waals surface area contributed by atoms with Crippen molar-refractivity contribution in [3.05, 3.63) is 65.7 Å². The van der Waals surface area contributed by atoms with Crippen molar-refractivity contribution >= 4 is 23.4 Å². The minimum atomic E-state index is -3.32. The topological polar surface area (TPSA) is 83.3 Å². The summed E-state index contributed by atoms with van der Waals surface area (Å²) in [6.07, 6.45) is 6.01. The maximum atomic E-state index is 13.9. The molecule has 1 aliphatic rings. The number of halogens is 2. The third-order valence-corrected chi connectivity index (χ3v) is 5.91. The Morgan fingerprint density at radius 3 is 2.36 bits per heavy atom. The molecule has 214 valence electrons. The van der Waals surface area contributed by atoms with Crippen molar-refractivity contribution in [2.24, 2.45) is 0 Å². The highest BCUT2D eigenvalue weighted by Crippen LogP contribution is 2.32. The van der Waals surface area contributed by atoms with Gasteiger partial charge in [-0.1, -0.05) is 64.4 Å². The average molecular weight is 544 g/mol. The van der Waals surface area contributed by atoms with E-state index in [1.165, 1.54) is 18.2 Å². The second kappa shape index (κ2) is 15.8. The number of oxazole rings is 1. The first-order valence-electron chi connectivity index (χ1n) is 14.0. The first-order chi connectivity index (χ1) is 18.8. The first kappa shape index (κ1) is 31.7. The molecule has 0 spiro atoms. The summed E-state index contributed by atoms with van der Waals surface area (Å²) in [6, 6.07) is 14.0. The van der Waals surface area contributed by atoms with Crippen molar-refractivity contribution in [1.82, 2.24) is 9.97 Å². The molecule has 0 aliphatic carbocycles. The predicted octanol–water partition coefficient (Wildman–Crippen LogP) is 8.08. The van der Waals surface area contributed by atoms with Crippen LogP contribution in [-0.4, -0.2) is 35.5 Å². The van der Waals surface area contributed by atoms with Gasteiger partial charge in [0, 0.05) is 26.6 Å². The Bertz CT molecular complexity index is 1110. The normalized spacial score (nSPS) is 15.2. The molecule has 3 aromatic rings. The quantitative estimate of drug-likeness (QED) is 0.313. The maximum absolute atomic E-state index is 13.9. The number of alkyl halides is 2. The van der Waals surface area contributed by atoms with Crippen LogP contribution in [0.1, 0.15) is 95.0 Å². The number of hydrogen-bond acceptors (Lipinski definition) is 6. The van der Waals surface area contributed by atoms with E-state index in [-0.39, 0.29) is 6.01 Å². The molecule has 1 saturated heterocycles. The molecule has 9 heteroatoms. The molecule has 1 unspecified atom stereocenters. The van der Waals surface area contributed by atoms with Gasteiger partial charge in [-0.15, -0.1) is 0 Å². The Balaban J connectivity index is 0.000000998. The highest BCUT2D eigenvalue weighted by Gasteiger charge is 2.36. The number of carbonyl (C=O) groups is 1. The van der Waals surface area contributed by atoms with E-state index >= 15 is 0 Å². The van der Waals surface area contributed by atoms with Crippen LogP contribution in [0, 0.1) is 0 Å². The summed E-state index contributed by atoms with van der Waals surface area (Å²) < 4.78 is 33.1. The van der Waals surface area contributed by atoms with E-state index in [1.54, 1.807) is 13.0 Å². The van der Waals surface area contributed by atoms with Crippen molar-refractivity contribution in [1.29, 1.82) is 0 Å². The minimum Gasteiger partial charge on any atom is -0.418 e. The summed E-state index contributed by atoms with van der Waals surface area (Å²) in [6.45, 7) is 12.9. The molecular formula is C30H43F2N5O2. The average Bonchev–Trinajstić information content (AvgIpc) is 3.22. The van der Waals surface area contributed by atoms with Gasteiger partial charge in [-0.2, -0.15) is 13.8 Å². The molecule has 1 amide bonds. The SMILES string of the molecule is CC.CCC.CCNc1nc(C(C)(F)F)c(C(=O)Nc2ccc(N3CCCC(c4ccccc4)CC3)nc2)o1. The number of aromatic nitrogens is 2. The van der Waals surface area contributed by atoms with Gasteiger partial charge in [0.05, 0.1) is 11.9 Å². The molecule has 2 N–H and O–H groups in total. The largest absolute Gasteiger partial charge is 0.418 e. The van der Waals surface area contributed by atoms with Crippen molar-refractivity contribution < 1.29 is 18.0 Å². The van der Waals surface area contributed by atoms with Crippen LogP contribution in [0.2, 0.25) is 0 Å². The van der Waals surface area contributed by atoms with Gasteiger partial charge in [0.25, 0.3) is 17.8 Å². The number of pyridine rings is 1. The number of nitrogens with one attached hydrogen (secondary N) is 2. The summed E-state index contributed by atoms with van der Waals surface area (Å²) in [5.74, 6) is -3.29. The highest BCUT2D eigenvalue weighted by molar-refractivity contribution is 6.03. The van der Waals surface area contributed by atoms with Gasteiger partial charge in [-0.05, 0) is 49.8 Å². The lowest BCUT2D eigenvalue weighted by atomic mass is 9.92. The summed E-state index contributed by atoms with van der Waals surface area (Å²) in [4.78, 5) is 23.1. The summed E-state index contributed by atoms with van der Waals surface area (Å²) >= 11 is 0. The van der Waals surface area contributed by atoms with Crippen LogP contribution in [0.3, 0.4) is 0 Å². The molecule has 2 aromatic heterocycles. The molecule has 1 aromatic carbocycles. The Kier molecular flexibility index (Phi) is 12.9. The fourth-order valence-corrected chi connectivity index (χ4v) is 4.22. The molecule has 0 radical (unpaired) electrons. The minimum absolute atomic E-state index is 0.118. The van der Waals surface area contributed by atoms with Crippen LogP contribution in [-0.2, 0) is 5.92 Å². The molecule has 1 aliphatic heterocycles. The number of rotatable bonds is 7.